The molecule has 1 aromatic rings. The van der Waals surface area contributed by atoms with Gasteiger partial charge in [-0.2, -0.15) is 0 Å². The van der Waals surface area contributed by atoms with Gasteiger partial charge in [-0.1, -0.05) is 25.4 Å². The van der Waals surface area contributed by atoms with E-state index in [-0.39, 0.29) is 0 Å². The van der Waals surface area contributed by atoms with Gasteiger partial charge >= 0.3 is 5.97 Å². The van der Waals surface area contributed by atoms with Crippen molar-refractivity contribution in [1.29, 1.82) is 0 Å². The lowest BCUT2D eigenvalue weighted by molar-refractivity contribution is 0.0697. The first kappa shape index (κ1) is 14.2. The van der Waals surface area contributed by atoms with Crippen LogP contribution in [-0.2, 0) is 0 Å². The molecule has 2 rings (SSSR count). The number of hydrogen-bond donors (Lipinski definition) is 1. The number of anilines is 1. The molecule has 1 aliphatic rings. The van der Waals surface area contributed by atoms with Gasteiger partial charge in [-0.3, -0.25) is 0 Å². The zero-order chi connectivity index (χ0) is 14.0. The zero-order valence-electron chi connectivity index (χ0n) is 11.4. The van der Waals surface area contributed by atoms with E-state index < -0.39 is 5.97 Å². The molecule has 0 aliphatic heterocycles. The van der Waals surface area contributed by atoms with Crippen molar-refractivity contribution in [2.75, 3.05) is 11.4 Å². The monoisotopic (exact) mass is 281 g/mol. The molecule has 3 nitrogen and oxygen atoms in total. The van der Waals surface area contributed by atoms with Gasteiger partial charge < -0.3 is 10.0 Å². The number of benzene rings is 1. The third kappa shape index (κ3) is 3.63. The average Bonchev–Trinajstić information content (AvgIpc) is 3.14. The topological polar surface area (TPSA) is 40.5 Å². The lowest BCUT2D eigenvalue weighted by Gasteiger charge is -2.27. The first-order valence-electron chi connectivity index (χ1n) is 6.78. The molecule has 1 aliphatic carbocycles. The van der Waals surface area contributed by atoms with Crippen LogP contribution in [0.1, 0.15) is 43.5 Å². The summed E-state index contributed by atoms with van der Waals surface area (Å²) in [6, 6.07) is 5.65. The summed E-state index contributed by atoms with van der Waals surface area (Å²) in [4.78, 5) is 13.6. The van der Waals surface area contributed by atoms with E-state index in [0.29, 0.717) is 22.5 Å². The Hall–Kier alpha value is -1.22. The van der Waals surface area contributed by atoms with Crippen LogP contribution in [0.25, 0.3) is 0 Å². The van der Waals surface area contributed by atoms with Crippen LogP contribution in [-0.4, -0.2) is 23.7 Å². The molecule has 19 heavy (non-hydrogen) atoms. The first-order valence-corrected chi connectivity index (χ1v) is 7.16. The van der Waals surface area contributed by atoms with Gasteiger partial charge in [-0.25, -0.2) is 4.79 Å². The second kappa shape index (κ2) is 5.83. The predicted molar refractivity (Wildman–Crippen MR) is 78.2 cm³/mol. The minimum atomic E-state index is -0.910. The number of halogens is 1. The molecule has 0 unspecified atom stereocenters. The van der Waals surface area contributed by atoms with E-state index in [2.05, 4.69) is 18.7 Å². The van der Waals surface area contributed by atoms with Crippen molar-refractivity contribution in [3.8, 4) is 0 Å². The van der Waals surface area contributed by atoms with Crippen molar-refractivity contribution in [3.63, 3.8) is 0 Å². The maximum Gasteiger partial charge on any atom is 0.337 e. The Morgan fingerprint density at radius 1 is 1.47 bits per heavy atom. The van der Waals surface area contributed by atoms with E-state index in [1.165, 1.54) is 0 Å². The number of carboxylic acids is 1. The van der Waals surface area contributed by atoms with Crippen molar-refractivity contribution in [2.45, 2.75) is 39.2 Å². The largest absolute Gasteiger partial charge is 0.478 e. The molecule has 0 radical (unpaired) electrons. The summed E-state index contributed by atoms with van der Waals surface area (Å²) in [6.07, 6.45) is 3.37. The molecule has 0 heterocycles. The maximum absolute atomic E-state index is 11.4. The van der Waals surface area contributed by atoms with Crippen LogP contribution in [0.4, 0.5) is 5.69 Å². The van der Waals surface area contributed by atoms with Crippen LogP contribution >= 0.6 is 11.6 Å². The Labute approximate surface area is 119 Å². The van der Waals surface area contributed by atoms with Crippen LogP contribution in [0.3, 0.4) is 0 Å². The highest BCUT2D eigenvalue weighted by molar-refractivity contribution is 6.31. The Balaban J connectivity index is 2.28. The zero-order valence-corrected chi connectivity index (χ0v) is 12.2. The Bertz CT molecular complexity index is 469. The number of hydrogen-bond acceptors (Lipinski definition) is 2. The van der Waals surface area contributed by atoms with Crippen LogP contribution in [0.15, 0.2) is 18.2 Å². The smallest absolute Gasteiger partial charge is 0.337 e. The van der Waals surface area contributed by atoms with Crippen molar-refractivity contribution in [2.24, 2.45) is 5.92 Å². The van der Waals surface area contributed by atoms with E-state index in [4.69, 9.17) is 11.6 Å². The van der Waals surface area contributed by atoms with E-state index in [9.17, 15) is 9.90 Å². The number of carbonyl (C=O) groups is 1. The number of rotatable bonds is 6. The van der Waals surface area contributed by atoms with Gasteiger partial charge in [-0.15, -0.1) is 0 Å². The molecule has 0 atom stereocenters. The van der Waals surface area contributed by atoms with Gasteiger partial charge in [-0.05, 0) is 43.4 Å². The summed E-state index contributed by atoms with van der Waals surface area (Å²) < 4.78 is 0. The minimum Gasteiger partial charge on any atom is -0.478 e. The fourth-order valence-corrected chi connectivity index (χ4v) is 2.39. The summed E-state index contributed by atoms with van der Waals surface area (Å²) in [7, 11) is 0. The van der Waals surface area contributed by atoms with E-state index in [0.717, 1.165) is 31.5 Å². The highest BCUT2D eigenvalue weighted by Crippen LogP contribution is 2.35. The summed E-state index contributed by atoms with van der Waals surface area (Å²) in [5.74, 6) is -0.297. The van der Waals surface area contributed by atoms with Gasteiger partial charge in [0.2, 0.25) is 0 Å². The summed E-state index contributed by atoms with van der Waals surface area (Å²) in [5, 5.41) is 9.81. The maximum atomic E-state index is 11.4. The molecule has 104 valence electrons. The summed E-state index contributed by atoms with van der Waals surface area (Å²) >= 11 is 5.91. The molecule has 0 saturated heterocycles. The normalized spacial score (nSPS) is 14.7. The van der Waals surface area contributed by atoms with Gasteiger partial charge in [0, 0.05) is 17.6 Å². The van der Waals surface area contributed by atoms with Crippen LogP contribution in [0, 0.1) is 5.92 Å². The Morgan fingerprint density at radius 2 is 2.16 bits per heavy atom. The lowest BCUT2D eigenvalue weighted by Crippen LogP contribution is -2.29. The van der Waals surface area contributed by atoms with E-state index >= 15 is 0 Å². The number of carboxylic acid groups (broad SMARTS) is 1. The third-order valence-electron chi connectivity index (χ3n) is 3.43. The molecule has 1 fully saturated rings. The van der Waals surface area contributed by atoms with Crippen molar-refractivity contribution < 1.29 is 9.90 Å². The molecule has 4 heteroatoms. The molecular weight excluding hydrogens is 262 g/mol. The standard InChI is InChI=1S/C15H20ClNO2/c1-10(2)7-8-17(12-4-5-12)14-6-3-11(16)9-13(14)15(18)19/h3,6,9-10,12H,4-5,7-8H2,1-2H3,(H,18,19). The molecule has 0 spiro atoms. The fourth-order valence-electron chi connectivity index (χ4n) is 2.21. The SMILES string of the molecule is CC(C)CCN(c1ccc(Cl)cc1C(=O)O)C1CC1. The number of aromatic carboxylic acids is 1. The summed E-state index contributed by atoms with van der Waals surface area (Å²) in [5.41, 5.74) is 1.11. The molecular formula is C15H20ClNO2. The molecule has 1 aromatic carbocycles. The second-order valence-electron chi connectivity index (χ2n) is 5.57. The molecule has 1 saturated carbocycles. The predicted octanol–water partition coefficient (Wildman–Crippen LogP) is 4.05. The number of nitrogens with zero attached hydrogens (tertiary/aromatic N) is 1. The second-order valence-corrected chi connectivity index (χ2v) is 6.01. The van der Waals surface area contributed by atoms with Gasteiger partial charge in [0.15, 0.2) is 0 Å². The van der Waals surface area contributed by atoms with Crippen molar-refractivity contribution >= 4 is 23.3 Å². The Kier molecular flexibility index (Phi) is 4.35. The first-order chi connectivity index (χ1) is 8.99. The molecule has 0 amide bonds. The van der Waals surface area contributed by atoms with Crippen LogP contribution in [0.5, 0.6) is 0 Å². The van der Waals surface area contributed by atoms with Crippen LogP contribution < -0.4 is 4.90 Å². The quantitative estimate of drug-likeness (QED) is 0.855. The Morgan fingerprint density at radius 3 is 2.68 bits per heavy atom. The lowest BCUT2D eigenvalue weighted by atomic mass is 10.1. The molecule has 0 bridgehead atoms. The highest BCUT2D eigenvalue weighted by atomic mass is 35.5. The van der Waals surface area contributed by atoms with Crippen molar-refractivity contribution in [1.82, 2.24) is 0 Å². The minimum absolute atomic E-state index is 0.308. The van der Waals surface area contributed by atoms with E-state index in [1.54, 1.807) is 12.1 Å². The third-order valence-corrected chi connectivity index (χ3v) is 3.67. The average molecular weight is 282 g/mol. The molecule has 0 aromatic heterocycles. The van der Waals surface area contributed by atoms with Gasteiger partial charge in [0.1, 0.15) is 0 Å². The van der Waals surface area contributed by atoms with Gasteiger partial charge in [0.05, 0.1) is 11.3 Å². The summed E-state index contributed by atoms with van der Waals surface area (Å²) in [6.45, 7) is 5.28. The highest BCUT2D eigenvalue weighted by Gasteiger charge is 2.31. The fraction of sp³-hybridized carbons (Fsp3) is 0.533. The molecule has 1 N–H and O–H groups in total. The van der Waals surface area contributed by atoms with Crippen LogP contribution in [0.2, 0.25) is 5.02 Å². The van der Waals surface area contributed by atoms with E-state index in [1.807, 2.05) is 6.07 Å². The van der Waals surface area contributed by atoms with Gasteiger partial charge in [0.25, 0.3) is 0 Å². The van der Waals surface area contributed by atoms with Crippen molar-refractivity contribution in [3.05, 3.63) is 28.8 Å².